The first kappa shape index (κ1) is 21.7. The van der Waals surface area contributed by atoms with E-state index < -0.39 is 22.9 Å². The second-order valence-corrected chi connectivity index (χ2v) is 8.05. The van der Waals surface area contributed by atoms with Crippen LogP contribution >= 0.6 is 11.6 Å². The number of nitrogens with zero attached hydrogens (tertiary/aromatic N) is 1. The second-order valence-electron chi connectivity index (χ2n) is 7.61. The first-order chi connectivity index (χ1) is 16.4. The second kappa shape index (κ2) is 8.64. The molecule has 0 spiro atoms. The van der Waals surface area contributed by atoms with Crippen LogP contribution in [0.3, 0.4) is 0 Å². The number of anilines is 1. The fourth-order valence-electron chi connectivity index (χ4n) is 3.72. The van der Waals surface area contributed by atoms with Crippen LogP contribution in [0.2, 0.25) is 5.02 Å². The summed E-state index contributed by atoms with van der Waals surface area (Å²) >= 11 is 5.92. The van der Waals surface area contributed by atoms with E-state index in [1.54, 1.807) is 18.2 Å². The highest BCUT2D eigenvalue weighted by molar-refractivity contribution is 6.30. The van der Waals surface area contributed by atoms with Crippen LogP contribution in [0.25, 0.3) is 10.9 Å². The molecule has 0 unspecified atom stereocenters. The SMILES string of the molecule is O=C(Cn1cc(C(=O)c2ccc(Cl)cc2)c(=O)c2cc3c(cc21)OCO3)Nc1ccc(F)cc1. The standard InChI is InChI=1S/C25H16ClFN2O5/c26-15-3-1-14(2-4-15)24(31)19-11-29(12-23(30)28-17-7-5-16(27)6-8-17)20-10-22-21(33-13-34-22)9-18(20)25(19)32/h1-11H,12-13H2,(H,28,30). The predicted octanol–water partition coefficient (Wildman–Crippen LogP) is 4.39. The first-order valence-electron chi connectivity index (χ1n) is 10.2. The molecule has 3 aromatic carbocycles. The molecular formula is C25H16ClFN2O5. The number of hydrogen-bond acceptors (Lipinski definition) is 5. The van der Waals surface area contributed by atoms with Gasteiger partial charge in [0.05, 0.1) is 16.5 Å². The number of ketones is 1. The molecule has 2 heterocycles. The highest BCUT2D eigenvalue weighted by Gasteiger charge is 2.22. The Kier molecular flexibility index (Phi) is 5.51. The van der Waals surface area contributed by atoms with Crippen LogP contribution < -0.4 is 20.2 Å². The number of halogens is 2. The van der Waals surface area contributed by atoms with Crippen molar-refractivity contribution in [1.82, 2.24) is 4.57 Å². The van der Waals surface area contributed by atoms with Crippen LogP contribution in [0.5, 0.6) is 11.5 Å². The molecule has 170 valence electrons. The van der Waals surface area contributed by atoms with E-state index in [1.807, 2.05) is 0 Å². The Hall–Kier alpha value is -4.17. The molecule has 5 rings (SSSR count). The summed E-state index contributed by atoms with van der Waals surface area (Å²) in [4.78, 5) is 39.2. The third kappa shape index (κ3) is 4.11. The van der Waals surface area contributed by atoms with Crippen molar-refractivity contribution < 1.29 is 23.5 Å². The molecule has 0 fully saturated rings. The van der Waals surface area contributed by atoms with E-state index in [1.165, 1.54) is 53.2 Å². The third-order valence-electron chi connectivity index (χ3n) is 5.37. The van der Waals surface area contributed by atoms with E-state index >= 15 is 0 Å². The Morgan fingerprint density at radius 3 is 2.38 bits per heavy atom. The fraction of sp³-hybridized carbons (Fsp3) is 0.0800. The van der Waals surface area contributed by atoms with Crippen molar-refractivity contribution in [2.75, 3.05) is 12.1 Å². The van der Waals surface area contributed by atoms with Gasteiger partial charge in [0.2, 0.25) is 18.1 Å². The van der Waals surface area contributed by atoms with E-state index in [9.17, 15) is 18.8 Å². The number of carbonyl (C=O) groups is 2. The molecule has 34 heavy (non-hydrogen) atoms. The lowest BCUT2D eigenvalue weighted by Crippen LogP contribution is -2.24. The summed E-state index contributed by atoms with van der Waals surface area (Å²) in [6.45, 7) is -0.212. The van der Waals surface area contributed by atoms with Crippen LogP contribution in [-0.2, 0) is 11.3 Å². The van der Waals surface area contributed by atoms with E-state index in [0.717, 1.165) is 0 Å². The number of aromatic nitrogens is 1. The highest BCUT2D eigenvalue weighted by Crippen LogP contribution is 2.35. The summed E-state index contributed by atoms with van der Waals surface area (Å²) in [7, 11) is 0. The zero-order valence-corrected chi connectivity index (χ0v) is 18.3. The molecule has 0 atom stereocenters. The van der Waals surface area contributed by atoms with Crippen molar-refractivity contribution in [2.45, 2.75) is 6.54 Å². The molecule has 4 aromatic rings. The van der Waals surface area contributed by atoms with E-state index in [-0.39, 0.29) is 29.9 Å². The molecule has 9 heteroatoms. The summed E-state index contributed by atoms with van der Waals surface area (Å²) in [6.07, 6.45) is 1.36. The van der Waals surface area contributed by atoms with Gasteiger partial charge in [0.25, 0.3) is 0 Å². The summed E-state index contributed by atoms with van der Waals surface area (Å²) in [5.74, 6) is -0.557. The van der Waals surface area contributed by atoms with E-state index in [4.69, 9.17) is 21.1 Å². The number of ether oxygens (including phenoxy) is 2. The minimum absolute atomic E-state index is 0.00145. The predicted molar refractivity (Wildman–Crippen MR) is 124 cm³/mol. The van der Waals surface area contributed by atoms with Crippen molar-refractivity contribution >= 4 is 39.9 Å². The van der Waals surface area contributed by atoms with Gasteiger partial charge in [0, 0.05) is 28.5 Å². The van der Waals surface area contributed by atoms with Gasteiger partial charge in [-0.1, -0.05) is 11.6 Å². The van der Waals surface area contributed by atoms with Gasteiger partial charge >= 0.3 is 0 Å². The lowest BCUT2D eigenvalue weighted by atomic mass is 10.0. The van der Waals surface area contributed by atoms with Crippen molar-refractivity contribution in [3.05, 3.63) is 99.1 Å². The molecule has 1 N–H and O–H groups in total. The largest absolute Gasteiger partial charge is 0.454 e. The average Bonchev–Trinajstić information content (AvgIpc) is 3.29. The summed E-state index contributed by atoms with van der Waals surface area (Å²) in [6, 6.07) is 14.6. The molecule has 7 nitrogen and oxygen atoms in total. The maximum absolute atomic E-state index is 13.3. The quantitative estimate of drug-likeness (QED) is 0.430. The number of benzene rings is 3. The lowest BCUT2D eigenvalue weighted by molar-refractivity contribution is -0.116. The van der Waals surface area contributed by atoms with Crippen molar-refractivity contribution in [2.24, 2.45) is 0 Å². The monoisotopic (exact) mass is 478 g/mol. The summed E-state index contributed by atoms with van der Waals surface area (Å²) in [5.41, 5.74) is 0.485. The molecule has 0 saturated carbocycles. The van der Waals surface area contributed by atoms with E-state index in [0.29, 0.717) is 27.7 Å². The smallest absolute Gasteiger partial charge is 0.244 e. The zero-order chi connectivity index (χ0) is 23.8. The minimum Gasteiger partial charge on any atom is -0.454 e. The molecule has 0 aliphatic carbocycles. The molecule has 0 radical (unpaired) electrons. The number of hydrogen-bond donors (Lipinski definition) is 1. The Bertz CT molecular complexity index is 1500. The molecule has 0 saturated heterocycles. The normalized spacial score (nSPS) is 12.1. The Morgan fingerprint density at radius 2 is 1.68 bits per heavy atom. The Labute approximate surface area is 197 Å². The molecular weight excluding hydrogens is 463 g/mol. The Balaban J connectivity index is 1.58. The number of pyridine rings is 1. The van der Waals surface area contributed by atoms with Gasteiger partial charge in [-0.2, -0.15) is 0 Å². The van der Waals surface area contributed by atoms with Gasteiger partial charge in [-0.25, -0.2) is 4.39 Å². The fourth-order valence-corrected chi connectivity index (χ4v) is 3.84. The van der Waals surface area contributed by atoms with E-state index in [2.05, 4.69) is 5.32 Å². The summed E-state index contributed by atoms with van der Waals surface area (Å²) < 4.78 is 25.5. The van der Waals surface area contributed by atoms with Crippen LogP contribution in [-0.4, -0.2) is 23.1 Å². The lowest BCUT2D eigenvalue weighted by Gasteiger charge is -2.14. The van der Waals surface area contributed by atoms with Gasteiger partial charge in [-0.3, -0.25) is 14.4 Å². The summed E-state index contributed by atoms with van der Waals surface area (Å²) in [5, 5.41) is 3.34. The van der Waals surface area contributed by atoms with Crippen LogP contribution in [0.15, 0.2) is 71.7 Å². The van der Waals surface area contributed by atoms with Gasteiger partial charge in [0.15, 0.2) is 17.3 Å². The topological polar surface area (TPSA) is 86.6 Å². The van der Waals surface area contributed by atoms with Crippen molar-refractivity contribution in [1.29, 1.82) is 0 Å². The maximum atomic E-state index is 13.3. The molecule has 1 aromatic heterocycles. The number of fused-ring (bicyclic) bond motifs is 2. The van der Waals surface area contributed by atoms with Gasteiger partial charge in [-0.15, -0.1) is 0 Å². The van der Waals surface area contributed by atoms with Gasteiger partial charge in [0.1, 0.15) is 12.4 Å². The number of amides is 1. The van der Waals surface area contributed by atoms with Crippen LogP contribution in [0, 0.1) is 5.82 Å². The number of nitrogens with one attached hydrogen (secondary N) is 1. The highest BCUT2D eigenvalue weighted by atomic mass is 35.5. The van der Waals surface area contributed by atoms with Crippen LogP contribution in [0.1, 0.15) is 15.9 Å². The molecule has 1 aliphatic heterocycles. The zero-order valence-electron chi connectivity index (χ0n) is 17.5. The minimum atomic E-state index is -0.506. The first-order valence-corrected chi connectivity index (χ1v) is 10.6. The molecule has 1 aliphatic rings. The third-order valence-corrected chi connectivity index (χ3v) is 5.62. The average molecular weight is 479 g/mol. The molecule has 0 bridgehead atoms. The maximum Gasteiger partial charge on any atom is 0.244 e. The van der Waals surface area contributed by atoms with Crippen LogP contribution in [0.4, 0.5) is 10.1 Å². The van der Waals surface area contributed by atoms with Crippen molar-refractivity contribution in [3.8, 4) is 11.5 Å². The molecule has 1 amide bonds. The Morgan fingerprint density at radius 1 is 1.00 bits per heavy atom. The number of rotatable bonds is 5. The van der Waals surface area contributed by atoms with Crippen molar-refractivity contribution in [3.63, 3.8) is 0 Å². The van der Waals surface area contributed by atoms with Gasteiger partial charge in [-0.05, 0) is 54.6 Å². The number of carbonyl (C=O) groups excluding carboxylic acids is 2. The van der Waals surface area contributed by atoms with Gasteiger partial charge < -0.3 is 19.4 Å².